The predicted molar refractivity (Wildman–Crippen MR) is 92.5 cm³/mol. The van der Waals surface area contributed by atoms with Crippen molar-refractivity contribution in [1.82, 2.24) is 0 Å². The Morgan fingerprint density at radius 3 is 2.43 bits per heavy atom. The first-order valence-corrected chi connectivity index (χ1v) is 8.17. The third-order valence-corrected chi connectivity index (χ3v) is 4.23. The molecule has 0 fully saturated rings. The fraction of sp³-hybridized carbons (Fsp3) is 0.263. The number of methoxy groups -OCH3 is 2. The van der Waals surface area contributed by atoms with Crippen LogP contribution in [0.2, 0.25) is 0 Å². The Kier molecular flexibility index (Phi) is 5.17. The van der Waals surface area contributed by atoms with Crippen molar-refractivity contribution < 1.29 is 37.0 Å². The van der Waals surface area contributed by atoms with E-state index in [4.69, 9.17) is 9.47 Å². The summed E-state index contributed by atoms with van der Waals surface area (Å²) in [6.45, 7) is 0. The Bertz CT molecular complexity index is 909. The van der Waals surface area contributed by atoms with Crippen LogP contribution in [-0.4, -0.2) is 32.2 Å². The van der Waals surface area contributed by atoms with Gasteiger partial charge >= 0.3 is 12.1 Å². The van der Waals surface area contributed by atoms with Crippen molar-refractivity contribution in [1.29, 1.82) is 0 Å². The van der Waals surface area contributed by atoms with Gasteiger partial charge in [0.05, 0.1) is 31.0 Å². The number of halogens is 3. The maximum Gasteiger partial charge on any atom is 0.417 e. The van der Waals surface area contributed by atoms with E-state index in [1.807, 2.05) is 0 Å². The number of benzene rings is 2. The molecule has 9 heteroatoms. The Morgan fingerprint density at radius 1 is 1.18 bits per heavy atom. The molecule has 0 spiro atoms. The van der Waals surface area contributed by atoms with Gasteiger partial charge in [-0.1, -0.05) is 12.1 Å². The number of ether oxygens (including phenoxy) is 3. The van der Waals surface area contributed by atoms with Crippen LogP contribution in [0.25, 0.3) is 0 Å². The fourth-order valence-electron chi connectivity index (χ4n) is 2.82. The molecule has 148 valence electrons. The van der Waals surface area contributed by atoms with Crippen molar-refractivity contribution in [3.63, 3.8) is 0 Å². The number of carbonyl (C=O) groups is 2. The molecule has 28 heavy (non-hydrogen) atoms. The van der Waals surface area contributed by atoms with Crippen LogP contribution >= 0.6 is 0 Å². The molecule has 0 radical (unpaired) electrons. The SMILES string of the molecule is COC(=O)c1cc2c(cc1C(F)(F)F)OC(Cc1ccc(OC)cc1)C(=O)N2. The summed E-state index contributed by atoms with van der Waals surface area (Å²) in [5.74, 6) is -1.23. The van der Waals surface area contributed by atoms with E-state index in [0.29, 0.717) is 11.8 Å². The molecule has 1 unspecified atom stereocenters. The molecule has 1 heterocycles. The van der Waals surface area contributed by atoms with Gasteiger partial charge in [0.25, 0.3) is 5.91 Å². The Hall–Kier alpha value is -3.23. The second kappa shape index (κ2) is 7.41. The standard InChI is InChI=1S/C19H16F3NO5/c1-26-11-5-3-10(4-6-11)7-16-17(24)23-14-8-12(18(25)27-2)13(19(20,21)22)9-15(14)28-16/h3-6,8-9,16H,7H2,1-2H3,(H,23,24). The first-order valence-electron chi connectivity index (χ1n) is 8.17. The maximum absolute atomic E-state index is 13.3. The number of fused-ring (bicyclic) bond motifs is 1. The van der Waals surface area contributed by atoms with E-state index in [1.165, 1.54) is 7.11 Å². The van der Waals surface area contributed by atoms with Crippen LogP contribution in [0.4, 0.5) is 18.9 Å². The predicted octanol–water partition coefficient (Wildman–Crippen LogP) is 3.44. The van der Waals surface area contributed by atoms with Crippen molar-refractivity contribution in [2.24, 2.45) is 0 Å². The van der Waals surface area contributed by atoms with Crippen molar-refractivity contribution in [3.05, 3.63) is 53.1 Å². The molecule has 1 aliphatic rings. The van der Waals surface area contributed by atoms with Gasteiger partial charge in [-0.15, -0.1) is 0 Å². The molecule has 3 rings (SSSR count). The molecule has 1 aliphatic heterocycles. The lowest BCUT2D eigenvalue weighted by Gasteiger charge is -2.27. The summed E-state index contributed by atoms with van der Waals surface area (Å²) in [4.78, 5) is 24.0. The highest BCUT2D eigenvalue weighted by Crippen LogP contribution is 2.40. The van der Waals surface area contributed by atoms with Gasteiger partial charge < -0.3 is 19.5 Å². The number of anilines is 1. The number of alkyl halides is 3. The Morgan fingerprint density at radius 2 is 1.86 bits per heavy atom. The minimum atomic E-state index is -4.80. The number of hydrogen-bond acceptors (Lipinski definition) is 5. The molecule has 0 bridgehead atoms. The van der Waals surface area contributed by atoms with Crippen molar-refractivity contribution in [2.75, 3.05) is 19.5 Å². The Balaban J connectivity index is 1.92. The monoisotopic (exact) mass is 395 g/mol. The van der Waals surface area contributed by atoms with Gasteiger partial charge in [-0.2, -0.15) is 13.2 Å². The minimum Gasteiger partial charge on any atom is -0.497 e. The van der Waals surface area contributed by atoms with E-state index < -0.39 is 35.3 Å². The normalized spacial score (nSPS) is 15.9. The van der Waals surface area contributed by atoms with Crippen molar-refractivity contribution >= 4 is 17.6 Å². The maximum atomic E-state index is 13.3. The number of amides is 1. The molecule has 2 aromatic carbocycles. The third-order valence-electron chi connectivity index (χ3n) is 4.23. The lowest BCUT2D eigenvalue weighted by molar-refractivity contribution is -0.138. The molecular weight excluding hydrogens is 379 g/mol. The number of carbonyl (C=O) groups excluding carboxylic acids is 2. The molecule has 0 saturated carbocycles. The van der Waals surface area contributed by atoms with E-state index in [0.717, 1.165) is 18.7 Å². The van der Waals surface area contributed by atoms with Gasteiger partial charge in [0.1, 0.15) is 11.5 Å². The molecule has 1 N–H and O–H groups in total. The van der Waals surface area contributed by atoms with Crippen LogP contribution in [0.5, 0.6) is 11.5 Å². The molecule has 0 aliphatic carbocycles. The highest BCUT2D eigenvalue weighted by molar-refractivity contribution is 6.00. The summed E-state index contributed by atoms with van der Waals surface area (Å²) in [5, 5.41) is 2.49. The molecule has 0 aromatic heterocycles. The van der Waals surface area contributed by atoms with Crippen LogP contribution in [0.3, 0.4) is 0 Å². The number of rotatable bonds is 4. The zero-order chi connectivity index (χ0) is 20.5. The highest BCUT2D eigenvalue weighted by Gasteiger charge is 2.39. The highest BCUT2D eigenvalue weighted by atomic mass is 19.4. The summed E-state index contributed by atoms with van der Waals surface area (Å²) in [6.07, 6.45) is -5.67. The van der Waals surface area contributed by atoms with Crippen LogP contribution < -0.4 is 14.8 Å². The lowest BCUT2D eigenvalue weighted by Crippen LogP contribution is -2.39. The van der Waals surface area contributed by atoms with Gasteiger partial charge in [-0.3, -0.25) is 4.79 Å². The van der Waals surface area contributed by atoms with E-state index in [9.17, 15) is 22.8 Å². The topological polar surface area (TPSA) is 73.9 Å². The summed E-state index contributed by atoms with van der Waals surface area (Å²) >= 11 is 0. The average molecular weight is 395 g/mol. The molecule has 1 atom stereocenters. The molecule has 2 aromatic rings. The number of nitrogens with one attached hydrogen (secondary N) is 1. The van der Waals surface area contributed by atoms with Crippen LogP contribution in [0.15, 0.2) is 36.4 Å². The second-order valence-corrected chi connectivity index (χ2v) is 6.03. The minimum absolute atomic E-state index is 0.0237. The van der Waals surface area contributed by atoms with Gasteiger partial charge in [0.2, 0.25) is 0 Å². The Labute approximate surface area is 158 Å². The average Bonchev–Trinajstić information content (AvgIpc) is 2.67. The molecule has 1 amide bonds. The fourth-order valence-corrected chi connectivity index (χ4v) is 2.82. The molecule has 6 nitrogen and oxygen atoms in total. The molecule has 0 saturated heterocycles. The summed E-state index contributed by atoms with van der Waals surface area (Å²) < 4.78 is 55.0. The van der Waals surface area contributed by atoms with E-state index in [1.54, 1.807) is 24.3 Å². The number of esters is 1. The smallest absolute Gasteiger partial charge is 0.417 e. The summed E-state index contributed by atoms with van der Waals surface area (Å²) in [5.41, 5.74) is -1.18. The summed E-state index contributed by atoms with van der Waals surface area (Å²) in [6, 6.07) is 8.47. The van der Waals surface area contributed by atoms with Gasteiger partial charge in [0, 0.05) is 6.42 Å². The van der Waals surface area contributed by atoms with Crippen LogP contribution in [-0.2, 0) is 22.1 Å². The number of hydrogen-bond donors (Lipinski definition) is 1. The van der Waals surface area contributed by atoms with Crippen LogP contribution in [0, 0.1) is 0 Å². The quantitative estimate of drug-likeness (QED) is 0.803. The third kappa shape index (κ3) is 3.88. The van der Waals surface area contributed by atoms with Gasteiger partial charge in [0.15, 0.2) is 6.10 Å². The zero-order valence-corrected chi connectivity index (χ0v) is 14.9. The first-order chi connectivity index (χ1) is 13.2. The van der Waals surface area contributed by atoms with E-state index >= 15 is 0 Å². The first kappa shape index (κ1) is 19.5. The van der Waals surface area contributed by atoms with E-state index in [-0.39, 0.29) is 17.9 Å². The summed E-state index contributed by atoms with van der Waals surface area (Å²) in [7, 11) is 2.49. The van der Waals surface area contributed by atoms with Crippen molar-refractivity contribution in [3.8, 4) is 11.5 Å². The zero-order valence-electron chi connectivity index (χ0n) is 14.9. The second-order valence-electron chi connectivity index (χ2n) is 6.03. The van der Waals surface area contributed by atoms with Crippen LogP contribution in [0.1, 0.15) is 21.5 Å². The van der Waals surface area contributed by atoms with Gasteiger partial charge in [-0.25, -0.2) is 4.79 Å². The van der Waals surface area contributed by atoms with Gasteiger partial charge in [-0.05, 0) is 29.8 Å². The lowest BCUT2D eigenvalue weighted by atomic mass is 10.0. The van der Waals surface area contributed by atoms with Crippen molar-refractivity contribution in [2.45, 2.75) is 18.7 Å². The largest absolute Gasteiger partial charge is 0.497 e. The molecular formula is C19H16F3NO5. The van der Waals surface area contributed by atoms with E-state index in [2.05, 4.69) is 10.1 Å².